The van der Waals surface area contributed by atoms with Gasteiger partial charge in [0.2, 0.25) is 0 Å². The van der Waals surface area contributed by atoms with Crippen molar-refractivity contribution in [3.63, 3.8) is 0 Å². The van der Waals surface area contributed by atoms with Crippen LogP contribution in [-0.2, 0) is 4.79 Å². The van der Waals surface area contributed by atoms with Gasteiger partial charge in [0.05, 0.1) is 6.42 Å². The van der Waals surface area contributed by atoms with Crippen LogP contribution >= 0.6 is 0 Å². The van der Waals surface area contributed by atoms with Gasteiger partial charge in [-0.15, -0.1) is 0 Å². The van der Waals surface area contributed by atoms with Crippen molar-refractivity contribution < 1.29 is 14.3 Å². The van der Waals surface area contributed by atoms with Gasteiger partial charge in [0, 0.05) is 25.7 Å². The van der Waals surface area contributed by atoms with E-state index in [0.717, 1.165) is 5.56 Å². The van der Waals surface area contributed by atoms with Crippen LogP contribution in [0.15, 0.2) is 18.2 Å². The fourth-order valence-electron chi connectivity index (χ4n) is 1.78. The molecule has 0 aromatic heterocycles. The van der Waals surface area contributed by atoms with E-state index in [1.165, 1.54) is 12.1 Å². The van der Waals surface area contributed by atoms with E-state index >= 15 is 0 Å². The van der Waals surface area contributed by atoms with Gasteiger partial charge in [0.25, 0.3) is 0 Å². The molecular weight excluding hydrogens is 223 g/mol. The Hall–Kier alpha value is -1.62. The number of hydrogen-bond donors (Lipinski definition) is 2. The van der Waals surface area contributed by atoms with E-state index in [4.69, 9.17) is 10.8 Å². The zero-order chi connectivity index (χ0) is 13.0. The summed E-state index contributed by atoms with van der Waals surface area (Å²) in [6, 6.07) is 4.32. The standard InChI is InChI=1S/C12H17FN2O2/c1-15(2)11-6-9(13)3-4-10(11)8(7-14)5-12(16)17/h3-4,6,8H,5,7,14H2,1-2H3,(H,16,17). The summed E-state index contributed by atoms with van der Waals surface area (Å²) in [5, 5.41) is 8.82. The molecule has 0 radical (unpaired) electrons. The number of carboxylic acids is 1. The summed E-state index contributed by atoms with van der Waals surface area (Å²) in [7, 11) is 3.57. The number of rotatable bonds is 5. The molecule has 0 fully saturated rings. The number of benzene rings is 1. The van der Waals surface area contributed by atoms with Gasteiger partial charge in [-0.05, 0) is 24.2 Å². The predicted molar refractivity (Wildman–Crippen MR) is 64.8 cm³/mol. The zero-order valence-corrected chi connectivity index (χ0v) is 9.98. The first kappa shape index (κ1) is 13.4. The number of nitrogens with zero attached hydrogens (tertiary/aromatic N) is 1. The second-order valence-electron chi connectivity index (χ2n) is 4.13. The fraction of sp³-hybridized carbons (Fsp3) is 0.417. The van der Waals surface area contributed by atoms with E-state index in [-0.39, 0.29) is 24.7 Å². The third-order valence-corrected chi connectivity index (χ3v) is 2.62. The molecule has 1 aromatic rings. The van der Waals surface area contributed by atoms with Crippen molar-refractivity contribution in [2.75, 3.05) is 25.5 Å². The van der Waals surface area contributed by atoms with E-state index < -0.39 is 5.97 Å². The average Bonchev–Trinajstić information content (AvgIpc) is 2.25. The molecule has 0 saturated carbocycles. The molecule has 94 valence electrons. The predicted octanol–water partition coefficient (Wildman–Crippen LogP) is 1.41. The number of aliphatic carboxylic acids is 1. The minimum Gasteiger partial charge on any atom is -0.481 e. The second-order valence-corrected chi connectivity index (χ2v) is 4.13. The van der Waals surface area contributed by atoms with Crippen LogP contribution in [0.3, 0.4) is 0 Å². The van der Waals surface area contributed by atoms with Crippen LogP contribution < -0.4 is 10.6 Å². The highest BCUT2D eigenvalue weighted by Crippen LogP contribution is 2.29. The Labute approximate surface area is 99.8 Å². The van der Waals surface area contributed by atoms with Crippen molar-refractivity contribution >= 4 is 11.7 Å². The molecule has 3 N–H and O–H groups in total. The van der Waals surface area contributed by atoms with Gasteiger partial charge < -0.3 is 15.7 Å². The average molecular weight is 240 g/mol. The lowest BCUT2D eigenvalue weighted by atomic mass is 9.94. The van der Waals surface area contributed by atoms with Gasteiger partial charge >= 0.3 is 5.97 Å². The third kappa shape index (κ3) is 3.42. The second kappa shape index (κ2) is 5.63. The lowest BCUT2D eigenvalue weighted by molar-refractivity contribution is -0.137. The normalized spacial score (nSPS) is 12.2. The first-order valence-electron chi connectivity index (χ1n) is 5.34. The van der Waals surface area contributed by atoms with Crippen molar-refractivity contribution in [2.45, 2.75) is 12.3 Å². The summed E-state index contributed by atoms with van der Waals surface area (Å²) in [6.07, 6.45) is -0.0526. The molecule has 17 heavy (non-hydrogen) atoms. The molecule has 0 aliphatic rings. The number of carboxylic acid groups (broad SMARTS) is 1. The molecule has 1 atom stereocenters. The number of halogens is 1. The molecule has 0 bridgehead atoms. The molecule has 1 unspecified atom stereocenters. The molecule has 1 rings (SSSR count). The van der Waals surface area contributed by atoms with Crippen LogP contribution in [0.2, 0.25) is 0 Å². The van der Waals surface area contributed by atoms with E-state index in [9.17, 15) is 9.18 Å². The number of carbonyl (C=O) groups is 1. The highest BCUT2D eigenvalue weighted by Gasteiger charge is 2.18. The SMILES string of the molecule is CN(C)c1cc(F)ccc1C(CN)CC(=O)O. The van der Waals surface area contributed by atoms with Gasteiger partial charge in [0.1, 0.15) is 5.82 Å². The van der Waals surface area contributed by atoms with Gasteiger partial charge in [0.15, 0.2) is 0 Å². The number of hydrogen-bond acceptors (Lipinski definition) is 3. The smallest absolute Gasteiger partial charge is 0.304 e. The molecule has 0 saturated heterocycles. The summed E-state index contributed by atoms with van der Waals surface area (Å²) in [6.45, 7) is 0.221. The largest absolute Gasteiger partial charge is 0.481 e. The lowest BCUT2D eigenvalue weighted by Gasteiger charge is -2.22. The maximum Gasteiger partial charge on any atom is 0.304 e. The van der Waals surface area contributed by atoms with E-state index in [0.29, 0.717) is 5.69 Å². The van der Waals surface area contributed by atoms with Crippen LogP contribution in [0.5, 0.6) is 0 Å². The topological polar surface area (TPSA) is 66.6 Å². The van der Waals surface area contributed by atoms with E-state index in [1.54, 1.807) is 25.1 Å². The maximum absolute atomic E-state index is 13.2. The van der Waals surface area contributed by atoms with Gasteiger partial charge in [-0.25, -0.2) is 4.39 Å². The molecular formula is C12H17FN2O2. The Morgan fingerprint density at radius 1 is 1.53 bits per heavy atom. The summed E-state index contributed by atoms with van der Waals surface area (Å²) in [5.41, 5.74) is 7.02. The molecule has 5 heteroatoms. The van der Waals surface area contributed by atoms with Crippen molar-refractivity contribution in [3.8, 4) is 0 Å². The third-order valence-electron chi connectivity index (χ3n) is 2.62. The van der Waals surface area contributed by atoms with Crippen LogP contribution in [0, 0.1) is 5.82 Å². The van der Waals surface area contributed by atoms with Gasteiger partial charge in [-0.2, -0.15) is 0 Å². The molecule has 0 aliphatic heterocycles. The van der Waals surface area contributed by atoms with Gasteiger partial charge in [-0.1, -0.05) is 6.07 Å². The van der Waals surface area contributed by atoms with Crippen molar-refractivity contribution in [2.24, 2.45) is 5.73 Å². The molecule has 0 amide bonds. The monoisotopic (exact) mass is 240 g/mol. The van der Waals surface area contributed by atoms with Crippen LogP contribution in [-0.4, -0.2) is 31.7 Å². The van der Waals surface area contributed by atoms with Crippen molar-refractivity contribution in [1.29, 1.82) is 0 Å². The summed E-state index contributed by atoms with van der Waals surface area (Å²) in [4.78, 5) is 12.5. The van der Waals surface area contributed by atoms with Crippen molar-refractivity contribution in [3.05, 3.63) is 29.6 Å². The number of anilines is 1. The highest BCUT2D eigenvalue weighted by atomic mass is 19.1. The molecule has 0 heterocycles. The minimum absolute atomic E-state index is 0.0526. The van der Waals surface area contributed by atoms with Gasteiger partial charge in [-0.3, -0.25) is 4.79 Å². The van der Waals surface area contributed by atoms with E-state index in [1.807, 2.05) is 0 Å². The Balaban J connectivity index is 3.13. The molecule has 0 spiro atoms. The summed E-state index contributed by atoms with van der Waals surface area (Å²) in [5.74, 6) is -1.55. The van der Waals surface area contributed by atoms with E-state index in [2.05, 4.69) is 0 Å². The Kier molecular flexibility index (Phi) is 4.45. The summed E-state index contributed by atoms with van der Waals surface area (Å²) < 4.78 is 13.2. The van der Waals surface area contributed by atoms with Crippen molar-refractivity contribution in [1.82, 2.24) is 0 Å². The zero-order valence-electron chi connectivity index (χ0n) is 9.98. The first-order valence-corrected chi connectivity index (χ1v) is 5.34. The maximum atomic E-state index is 13.2. The quantitative estimate of drug-likeness (QED) is 0.816. The molecule has 1 aromatic carbocycles. The fourth-order valence-corrected chi connectivity index (χ4v) is 1.78. The van der Waals surface area contributed by atoms with Crippen LogP contribution in [0.4, 0.5) is 10.1 Å². The Morgan fingerprint density at radius 3 is 2.65 bits per heavy atom. The highest BCUT2D eigenvalue weighted by molar-refractivity contribution is 5.69. The first-order chi connectivity index (χ1) is 7.95. The Morgan fingerprint density at radius 2 is 2.18 bits per heavy atom. The summed E-state index contributed by atoms with van der Waals surface area (Å²) >= 11 is 0. The minimum atomic E-state index is -0.908. The molecule has 0 aliphatic carbocycles. The lowest BCUT2D eigenvalue weighted by Crippen LogP contribution is -2.20. The number of nitrogens with two attached hydrogens (primary N) is 1. The molecule has 4 nitrogen and oxygen atoms in total. The Bertz CT molecular complexity index is 407. The van der Waals surface area contributed by atoms with Crippen LogP contribution in [0.1, 0.15) is 17.9 Å². The van der Waals surface area contributed by atoms with Crippen LogP contribution in [0.25, 0.3) is 0 Å².